The maximum absolute atomic E-state index is 13.7. The zero-order chi connectivity index (χ0) is 27.9. The highest BCUT2D eigenvalue weighted by Gasteiger charge is 2.29. The molecule has 10 nitrogen and oxygen atoms in total. The molecule has 202 valence electrons. The first kappa shape index (κ1) is 28.6. The zero-order valence-corrected chi connectivity index (χ0v) is 21.4. The number of nitrogens with one attached hydrogen (secondary N) is 2. The lowest BCUT2D eigenvalue weighted by atomic mass is 10.0. The maximum atomic E-state index is 13.7. The summed E-state index contributed by atoms with van der Waals surface area (Å²) in [6, 6.07) is 10.6. The highest BCUT2D eigenvalue weighted by Crippen LogP contribution is 2.16. The van der Waals surface area contributed by atoms with Gasteiger partial charge in [0.1, 0.15) is 11.6 Å². The van der Waals surface area contributed by atoms with E-state index in [2.05, 4.69) is 15.6 Å². The Bertz CT molecular complexity index is 1410. The maximum Gasteiger partial charge on any atom is 0.261 e. The van der Waals surface area contributed by atoms with Gasteiger partial charge in [-0.05, 0) is 24.1 Å². The van der Waals surface area contributed by atoms with E-state index in [1.165, 1.54) is 24.1 Å². The minimum atomic E-state index is -4.00. The number of aromatic nitrogens is 2. The number of hydrogen-bond acceptors (Lipinski definition) is 6. The number of imidazole rings is 1. The molecule has 3 aromatic rings. The first-order valence-electron chi connectivity index (χ1n) is 11.4. The van der Waals surface area contributed by atoms with Crippen molar-refractivity contribution >= 4 is 27.5 Å². The van der Waals surface area contributed by atoms with Crippen LogP contribution in [-0.4, -0.2) is 64.9 Å². The SMILES string of the molecule is CN(CC(O)C(Cc1ccccc1)NC(=O)/C=C/C(=O)Nc1ccc(F)cc1F)S(=O)(=O)c1cn(C)cn1. The van der Waals surface area contributed by atoms with Crippen molar-refractivity contribution in [2.75, 3.05) is 18.9 Å². The van der Waals surface area contributed by atoms with Gasteiger partial charge < -0.3 is 20.3 Å². The van der Waals surface area contributed by atoms with Crippen LogP contribution in [0.4, 0.5) is 14.5 Å². The molecule has 2 unspecified atom stereocenters. The van der Waals surface area contributed by atoms with E-state index in [-0.39, 0.29) is 23.7 Å². The number of carbonyl (C=O) groups is 2. The Morgan fingerprint density at radius 1 is 1.13 bits per heavy atom. The molecule has 0 saturated heterocycles. The van der Waals surface area contributed by atoms with Gasteiger partial charge in [0.2, 0.25) is 11.8 Å². The fourth-order valence-corrected chi connectivity index (χ4v) is 4.62. The molecule has 0 aliphatic carbocycles. The minimum Gasteiger partial charge on any atom is -0.390 e. The Morgan fingerprint density at radius 3 is 2.45 bits per heavy atom. The number of carbonyl (C=O) groups excluding carboxylic acids is 2. The molecule has 0 aliphatic heterocycles. The van der Waals surface area contributed by atoms with E-state index in [0.29, 0.717) is 6.07 Å². The van der Waals surface area contributed by atoms with Crippen molar-refractivity contribution in [1.29, 1.82) is 0 Å². The van der Waals surface area contributed by atoms with Gasteiger partial charge >= 0.3 is 0 Å². The van der Waals surface area contributed by atoms with E-state index in [0.717, 1.165) is 34.2 Å². The monoisotopic (exact) mass is 547 g/mol. The molecule has 0 radical (unpaired) electrons. The number of nitrogens with zero attached hydrogens (tertiary/aromatic N) is 3. The van der Waals surface area contributed by atoms with E-state index in [1.807, 2.05) is 0 Å². The normalized spacial score (nSPS) is 13.4. The molecule has 2 aromatic carbocycles. The zero-order valence-electron chi connectivity index (χ0n) is 20.6. The number of hydrogen-bond donors (Lipinski definition) is 3. The lowest BCUT2D eigenvalue weighted by Gasteiger charge is -2.27. The smallest absolute Gasteiger partial charge is 0.261 e. The van der Waals surface area contributed by atoms with Gasteiger partial charge in [-0.3, -0.25) is 9.59 Å². The molecule has 38 heavy (non-hydrogen) atoms. The number of benzene rings is 2. The van der Waals surface area contributed by atoms with Crippen LogP contribution in [0, 0.1) is 11.6 Å². The average molecular weight is 548 g/mol. The Hall–Kier alpha value is -3.94. The molecule has 3 rings (SSSR count). The van der Waals surface area contributed by atoms with Gasteiger partial charge in [0.25, 0.3) is 10.0 Å². The fraction of sp³-hybridized carbons (Fsp3) is 0.240. The van der Waals surface area contributed by atoms with E-state index in [1.54, 1.807) is 37.4 Å². The van der Waals surface area contributed by atoms with Crippen LogP contribution in [0.5, 0.6) is 0 Å². The summed E-state index contributed by atoms with van der Waals surface area (Å²) < 4.78 is 54.8. The van der Waals surface area contributed by atoms with Gasteiger partial charge in [-0.2, -0.15) is 4.31 Å². The molecule has 1 aromatic heterocycles. The molecule has 1 heterocycles. The topological polar surface area (TPSA) is 134 Å². The van der Waals surface area contributed by atoms with E-state index in [9.17, 15) is 31.9 Å². The predicted molar refractivity (Wildman–Crippen MR) is 135 cm³/mol. The van der Waals surface area contributed by atoms with Gasteiger partial charge in [0, 0.05) is 45.1 Å². The quantitative estimate of drug-likeness (QED) is 0.313. The number of anilines is 1. The molecular weight excluding hydrogens is 520 g/mol. The van der Waals surface area contributed by atoms with Gasteiger partial charge in [-0.1, -0.05) is 30.3 Å². The van der Waals surface area contributed by atoms with E-state index in [4.69, 9.17) is 0 Å². The van der Waals surface area contributed by atoms with Crippen molar-refractivity contribution in [1.82, 2.24) is 19.2 Å². The second-order valence-electron chi connectivity index (χ2n) is 8.48. The first-order chi connectivity index (χ1) is 18.0. The van der Waals surface area contributed by atoms with Crippen molar-refractivity contribution in [3.05, 3.63) is 90.4 Å². The summed E-state index contributed by atoms with van der Waals surface area (Å²) in [6.45, 7) is -0.356. The molecule has 13 heteroatoms. The van der Waals surface area contributed by atoms with E-state index < -0.39 is 45.6 Å². The van der Waals surface area contributed by atoms with Crippen LogP contribution in [0.3, 0.4) is 0 Å². The summed E-state index contributed by atoms with van der Waals surface area (Å²) in [5.74, 6) is -3.38. The number of aryl methyl sites for hydroxylation is 1. The highest BCUT2D eigenvalue weighted by atomic mass is 32.2. The number of amides is 2. The minimum absolute atomic E-state index is 0.159. The summed E-state index contributed by atoms with van der Waals surface area (Å²) in [5.41, 5.74) is 0.497. The van der Waals surface area contributed by atoms with Crippen molar-refractivity contribution in [2.45, 2.75) is 23.6 Å². The second kappa shape index (κ2) is 12.5. The van der Waals surface area contributed by atoms with Gasteiger partial charge in [-0.25, -0.2) is 22.2 Å². The van der Waals surface area contributed by atoms with E-state index >= 15 is 0 Å². The molecule has 0 saturated carbocycles. The summed E-state index contributed by atoms with van der Waals surface area (Å²) >= 11 is 0. The molecule has 0 bridgehead atoms. The van der Waals surface area contributed by atoms with Crippen molar-refractivity contribution in [2.24, 2.45) is 7.05 Å². The van der Waals surface area contributed by atoms with Crippen LogP contribution in [0.1, 0.15) is 5.56 Å². The summed E-state index contributed by atoms with van der Waals surface area (Å²) in [7, 11) is -1.09. The van der Waals surface area contributed by atoms with Crippen LogP contribution in [0.25, 0.3) is 0 Å². The average Bonchev–Trinajstić information content (AvgIpc) is 3.32. The largest absolute Gasteiger partial charge is 0.390 e. The predicted octanol–water partition coefficient (Wildman–Crippen LogP) is 1.60. The second-order valence-corrected chi connectivity index (χ2v) is 10.5. The molecule has 3 N–H and O–H groups in total. The van der Waals surface area contributed by atoms with Crippen LogP contribution < -0.4 is 10.6 Å². The Kier molecular flexibility index (Phi) is 9.45. The standard InChI is InChI=1S/C25H27F2N5O5S/c1-31-15-25(28-16-31)38(36,37)32(2)14-22(33)21(12-17-6-4-3-5-7-17)30-24(35)11-10-23(34)29-20-9-8-18(26)13-19(20)27/h3-11,13,15-16,21-22,33H,12,14H2,1-2H3,(H,29,34)(H,30,35)/b11-10+. The number of aliphatic hydroxyl groups excluding tert-OH is 1. The molecule has 0 spiro atoms. The third-order valence-electron chi connectivity index (χ3n) is 5.47. The lowest BCUT2D eigenvalue weighted by Crippen LogP contribution is -2.49. The fourth-order valence-electron chi connectivity index (χ4n) is 3.47. The number of sulfonamides is 1. The van der Waals surface area contributed by atoms with Gasteiger partial charge in [0.15, 0.2) is 5.03 Å². The highest BCUT2D eigenvalue weighted by molar-refractivity contribution is 7.89. The number of likely N-dealkylation sites (N-methyl/N-ethyl adjacent to an activating group) is 1. The Balaban J connectivity index is 1.69. The summed E-state index contributed by atoms with van der Waals surface area (Å²) in [4.78, 5) is 28.5. The third-order valence-corrected chi connectivity index (χ3v) is 7.17. The number of halogens is 2. The molecule has 2 atom stereocenters. The number of aliphatic hydroxyl groups is 1. The van der Waals surface area contributed by atoms with Crippen LogP contribution >= 0.6 is 0 Å². The molecular formula is C25H27F2N5O5S. The lowest BCUT2D eigenvalue weighted by molar-refractivity contribution is -0.118. The Labute approximate surface area is 218 Å². The molecule has 0 aliphatic rings. The summed E-state index contributed by atoms with van der Waals surface area (Å²) in [5, 5.41) is 15.5. The van der Waals surface area contributed by atoms with Gasteiger partial charge in [-0.15, -0.1) is 0 Å². The Morgan fingerprint density at radius 2 is 1.82 bits per heavy atom. The summed E-state index contributed by atoms with van der Waals surface area (Å²) in [6.07, 6.45) is 3.22. The van der Waals surface area contributed by atoms with Crippen molar-refractivity contribution in [3.8, 4) is 0 Å². The number of rotatable bonds is 11. The first-order valence-corrected chi connectivity index (χ1v) is 12.8. The van der Waals surface area contributed by atoms with Crippen molar-refractivity contribution in [3.63, 3.8) is 0 Å². The van der Waals surface area contributed by atoms with Crippen LogP contribution in [0.15, 0.2) is 78.2 Å². The molecule has 2 amide bonds. The third kappa shape index (κ3) is 7.78. The molecule has 0 fully saturated rings. The van der Waals surface area contributed by atoms with Crippen LogP contribution in [0.2, 0.25) is 0 Å². The van der Waals surface area contributed by atoms with Crippen molar-refractivity contribution < 1.29 is 31.9 Å². The van der Waals surface area contributed by atoms with Gasteiger partial charge in [0.05, 0.1) is 24.2 Å². The van der Waals surface area contributed by atoms with Crippen LogP contribution in [-0.2, 0) is 33.1 Å².